The van der Waals surface area contributed by atoms with Gasteiger partial charge in [0.1, 0.15) is 18.6 Å². The number of aromatic nitrogens is 4. The zero-order chi connectivity index (χ0) is 30.9. The molecule has 0 bridgehead atoms. The first-order valence-electron chi connectivity index (χ1n) is 16.2. The summed E-state index contributed by atoms with van der Waals surface area (Å²) in [4.78, 5) is 28.9. The number of carboxylic acids is 1. The number of halogens is 2. The van der Waals surface area contributed by atoms with Gasteiger partial charge in [-0.05, 0) is 63.2 Å². The van der Waals surface area contributed by atoms with Gasteiger partial charge in [0.2, 0.25) is 0 Å². The summed E-state index contributed by atoms with van der Waals surface area (Å²) in [6, 6.07) is 9.11. The summed E-state index contributed by atoms with van der Waals surface area (Å²) in [6.45, 7) is 4.04. The third-order valence-corrected chi connectivity index (χ3v) is 11.5. The number of rotatable bonds is 5. The van der Waals surface area contributed by atoms with Crippen LogP contribution < -0.4 is 9.64 Å². The molecule has 3 aromatic rings. The number of carbonyl (C=O) groups is 1. The third kappa shape index (κ3) is 4.72. The molecule has 12 heteroatoms. The van der Waals surface area contributed by atoms with Crippen molar-refractivity contribution in [3.8, 4) is 6.01 Å². The first kappa shape index (κ1) is 29.1. The molecule has 1 N–H and O–H groups in total. The number of aromatic carboxylic acids is 1. The van der Waals surface area contributed by atoms with E-state index in [0.717, 1.165) is 68.6 Å². The number of hydrogen-bond donors (Lipinski definition) is 1. The van der Waals surface area contributed by atoms with Crippen molar-refractivity contribution in [3.63, 3.8) is 0 Å². The van der Waals surface area contributed by atoms with Crippen molar-refractivity contribution in [1.82, 2.24) is 29.5 Å². The summed E-state index contributed by atoms with van der Waals surface area (Å²) in [6.07, 6.45) is 6.33. The molecule has 4 aliphatic heterocycles. The molecule has 0 saturated carbocycles. The van der Waals surface area contributed by atoms with Crippen molar-refractivity contribution in [1.29, 1.82) is 0 Å². The SMILES string of the molecule is CN1Cc2c(nc(OC[C@@]34CCCN3C[C@H](F)C4)nc2N2CCCn3nc(C(=O)O)c(Cl)c3C2)C[C@]12CCCc1ccccc12. The number of alkyl halides is 1. The van der Waals surface area contributed by atoms with Gasteiger partial charge in [0.25, 0.3) is 0 Å². The van der Waals surface area contributed by atoms with Crippen molar-refractivity contribution >= 4 is 23.4 Å². The van der Waals surface area contributed by atoms with E-state index in [4.69, 9.17) is 26.3 Å². The highest BCUT2D eigenvalue weighted by molar-refractivity contribution is 6.33. The van der Waals surface area contributed by atoms with Crippen LogP contribution >= 0.6 is 11.6 Å². The summed E-state index contributed by atoms with van der Waals surface area (Å²) >= 11 is 6.60. The normalized spacial score (nSPS) is 28.0. The number of nitrogens with zero attached hydrogens (tertiary/aromatic N) is 7. The van der Waals surface area contributed by atoms with E-state index in [-0.39, 0.29) is 21.8 Å². The van der Waals surface area contributed by atoms with Gasteiger partial charge in [-0.3, -0.25) is 14.5 Å². The van der Waals surface area contributed by atoms with Crippen LogP contribution in [0.1, 0.15) is 77.1 Å². The lowest BCUT2D eigenvalue weighted by molar-refractivity contribution is 0.0689. The second kappa shape index (κ2) is 10.9. The molecule has 1 aromatic carbocycles. The Balaban J connectivity index is 1.20. The van der Waals surface area contributed by atoms with Crippen LogP contribution in [0.2, 0.25) is 5.02 Å². The van der Waals surface area contributed by atoms with Crippen molar-refractivity contribution in [2.24, 2.45) is 0 Å². The summed E-state index contributed by atoms with van der Waals surface area (Å²) < 4.78 is 22.8. The summed E-state index contributed by atoms with van der Waals surface area (Å²) in [5.74, 6) is -0.344. The molecular formula is C33H39ClFN7O3. The Morgan fingerprint density at radius 3 is 2.87 bits per heavy atom. The smallest absolute Gasteiger partial charge is 0.357 e. The van der Waals surface area contributed by atoms with Crippen LogP contribution in [0.5, 0.6) is 6.01 Å². The molecule has 0 unspecified atom stereocenters. The maximum absolute atomic E-state index is 14.6. The van der Waals surface area contributed by atoms with Gasteiger partial charge < -0.3 is 14.7 Å². The van der Waals surface area contributed by atoms with E-state index >= 15 is 0 Å². The molecule has 2 fully saturated rings. The highest BCUT2D eigenvalue weighted by Gasteiger charge is 2.50. The van der Waals surface area contributed by atoms with Crippen LogP contribution in [0.4, 0.5) is 10.2 Å². The minimum atomic E-state index is -1.13. The van der Waals surface area contributed by atoms with Crippen molar-refractivity contribution < 1.29 is 19.0 Å². The van der Waals surface area contributed by atoms with Crippen LogP contribution in [-0.4, -0.2) is 85.6 Å². The third-order valence-electron chi connectivity index (χ3n) is 11.1. The quantitative estimate of drug-likeness (QED) is 0.431. The van der Waals surface area contributed by atoms with Gasteiger partial charge in [-0.15, -0.1) is 0 Å². The Morgan fingerprint density at radius 1 is 1.13 bits per heavy atom. The lowest BCUT2D eigenvalue weighted by Crippen LogP contribution is -2.51. The lowest BCUT2D eigenvalue weighted by atomic mass is 9.71. The number of fused-ring (bicyclic) bond motifs is 5. The summed E-state index contributed by atoms with van der Waals surface area (Å²) in [7, 11) is 2.20. The van der Waals surface area contributed by atoms with Crippen molar-refractivity contribution in [2.75, 3.05) is 38.2 Å². The maximum atomic E-state index is 14.6. The Kier molecular flexibility index (Phi) is 7.07. The van der Waals surface area contributed by atoms with E-state index < -0.39 is 12.1 Å². The van der Waals surface area contributed by atoms with Gasteiger partial charge in [-0.2, -0.15) is 15.1 Å². The van der Waals surface area contributed by atoms with Crippen LogP contribution in [0.15, 0.2) is 24.3 Å². The highest BCUT2D eigenvalue weighted by atomic mass is 35.5. The van der Waals surface area contributed by atoms with Crippen LogP contribution in [-0.2, 0) is 38.0 Å². The van der Waals surface area contributed by atoms with Gasteiger partial charge in [0, 0.05) is 44.6 Å². The maximum Gasteiger partial charge on any atom is 0.357 e. The number of aryl methyl sites for hydroxylation is 2. The predicted octanol–water partition coefficient (Wildman–Crippen LogP) is 4.61. The molecule has 8 rings (SSSR count). The van der Waals surface area contributed by atoms with Gasteiger partial charge in [-0.1, -0.05) is 35.9 Å². The average Bonchev–Trinajstić information content (AvgIpc) is 3.59. The van der Waals surface area contributed by atoms with Crippen LogP contribution in [0.3, 0.4) is 0 Å². The fourth-order valence-corrected chi connectivity index (χ4v) is 9.13. The summed E-state index contributed by atoms with van der Waals surface area (Å²) in [5, 5.41) is 14.1. The van der Waals surface area contributed by atoms with Crippen molar-refractivity contribution in [3.05, 3.63) is 63.1 Å². The van der Waals surface area contributed by atoms with Crippen molar-refractivity contribution in [2.45, 2.75) is 88.3 Å². The van der Waals surface area contributed by atoms with E-state index in [9.17, 15) is 14.3 Å². The van der Waals surface area contributed by atoms with E-state index in [1.54, 1.807) is 4.68 Å². The minimum Gasteiger partial charge on any atom is -0.476 e. The molecular weight excluding hydrogens is 597 g/mol. The van der Waals surface area contributed by atoms with Gasteiger partial charge >= 0.3 is 12.0 Å². The Morgan fingerprint density at radius 2 is 2.00 bits per heavy atom. The molecule has 6 heterocycles. The highest BCUT2D eigenvalue weighted by Crippen LogP contribution is 2.47. The van der Waals surface area contributed by atoms with Gasteiger partial charge in [0.05, 0.1) is 34.0 Å². The van der Waals surface area contributed by atoms with E-state index in [1.807, 2.05) is 0 Å². The lowest BCUT2D eigenvalue weighted by Gasteiger charge is -2.49. The summed E-state index contributed by atoms with van der Waals surface area (Å²) in [5.41, 5.74) is 4.89. The Labute approximate surface area is 267 Å². The molecule has 238 valence electrons. The molecule has 2 saturated heterocycles. The molecule has 1 aliphatic carbocycles. The van der Waals surface area contributed by atoms with E-state index in [0.29, 0.717) is 57.5 Å². The monoisotopic (exact) mass is 635 g/mol. The average molecular weight is 636 g/mol. The standard InChI is InChI=1S/C33H39ClFN7O3/c1-39-18-23-25(16-33(39)11-4-8-21-7-2-3-9-24(21)33)36-31(45-20-32-10-5-13-41(32)17-22(35)15-32)37-29(23)40-12-6-14-42-26(19-40)27(34)28(38-42)30(43)44/h2-3,7,9,22H,4-6,8,10-20H2,1H3,(H,43,44)/t22-,32+,33+/m1/s1. The van der Waals surface area contributed by atoms with Gasteiger partial charge in [-0.25, -0.2) is 9.18 Å². The molecule has 45 heavy (non-hydrogen) atoms. The molecule has 1 spiro atoms. The predicted molar refractivity (Wildman–Crippen MR) is 167 cm³/mol. The number of carboxylic acid groups (broad SMARTS) is 1. The fourth-order valence-electron chi connectivity index (χ4n) is 8.86. The number of hydrogen-bond acceptors (Lipinski definition) is 8. The second-order valence-corrected chi connectivity index (χ2v) is 14.0. The van der Waals surface area contributed by atoms with Crippen LogP contribution in [0.25, 0.3) is 0 Å². The molecule has 2 aromatic heterocycles. The number of ether oxygens (including phenoxy) is 1. The molecule has 5 aliphatic rings. The molecule has 10 nitrogen and oxygen atoms in total. The molecule has 3 atom stereocenters. The number of benzene rings is 1. The molecule has 0 amide bonds. The van der Waals surface area contributed by atoms with E-state index in [1.165, 1.54) is 11.1 Å². The Bertz CT molecular complexity index is 1670. The largest absolute Gasteiger partial charge is 0.476 e. The fraction of sp³-hybridized carbons (Fsp3) is 0.576. The number of likely N-dealkylation sites (N-methyl/N-ethyl adjacent to an activating group) is 1. The first-order valence-corrected chi connectivity index (χ1v) is 16.6. The zero-order valence-corrected chi connectivity index (χ0v) is 26.4. The first-order chi connectivity index (χ1) is 21.8. The molecule has 0 radical (unpaired) electrons. The Hall–Kier alpha value is -3.28. The van der Waals surface area contributed by atoms with Crippen LogP contribution in [0, 0.1) is 0 Å². The van der Waals surface area contributed by atoms with E-state index in [2.05, 4.69) is 51.1 Å². The topological polar surface area (TPSA) is 99.9 Å². The second-order valence-electron chi connectivity index (χ2n) is 13.6. The minimum absolute atomic E-state index is 0.122. The zero-order valence-electron chi connectivity index (χ0n) is 25.6. The van der Waals surface area contributed by atoms with Gasteiger partial charge in [0.15, 0.2) is 5.69 Å². The number of anilines is 1.